The Morgan fingerprint density at radius 2 is 1.90 bits per heavy atom. The van der Waals surface area contributed by atoms with E-state index in [1.807, 2.05) is 13.8 Å². The van der Waals surface area contributed by atoms with Crippen LogP contribution in [0, 0.1) is 5.92 Å². The highest BCUT2D eigenvalue weighted by Crippen LogP contribution is 2.40. The molecule has 8 heteroatoms. The van der Waals surface area contributed by atoms with E-state index in [0.29, 0.717) is 29.2 Å². The molecule has 4 rings (SSSR count). The lowest BCUT2D eigenvalue weighted by Crippen LogP contribution is -2.41. The maximum Gasteiger partial charge on any atom is 0.313 e. The Balaban J connectivity index is 1.44. The zero-order valence-electron chi connectivity index (χ0n) is 17.9. The number of nitrogen functional groups attached to an aromatic ring is 1. The Hall–Kier alpha value is -2.61. The first-order valence-electron chi connectivity index (χ1n) is 10.6. The standard InChI is InChI=1S/C23H28N4O3S/c1-23(2)20(27-19-21(24)25-13-26-22(19)30-23)17-9-7-16(8-10-17)15-5-3-14(4-6-15)11-31-12-18(28)29/h7-10,13-15H,3-6,11-12H2,1-2H3,(H,28,29)(H2,24,25,26)/t14-,15-. The van der Waals surface area contributed by atoms with Gasteiger partial charge in [-0.15, -0.1) is 11.8 Å². The third kappa shape index (κ3) is 4.84. The van der Waals surface area contributed by atoms with Gasteiger partial charge in [-0.1, -0.05) is 24.3 Å². The van der Waals surface area contributed by atoms with Crippen LogP contribution in [0.25, 0.3) is 0 Å². The highest BCUT2D eigenvalue weighted by Gasteiger charge is 2.35. The molecule has 2 heterocycles. The number of carbonyl (C=O) groups is 1. The van der Waals surface area contributed by atoms with Crippen LogP contribution in [0.1, 0.15) is 56.6 Å². The molecule has 2 aromatic rings. The molecule has 1 aliphatic carbocycles. The van der Waals surface area contributed by atoms with E-state index in [1.165, 1.54) is 23.7 Å². The van der Waals surface area contributed by atoms with Gasteiger partial charge < -0.3 is 15.6 Å². The number of hydrogen-bond donors (Lipinski definition) is 2. The summed E-state index contributed by atoms with van der Waals surface area (Å²) in [5.41, 5.74) is 9.00. The molecule has 0 atom stereocenters. The van der Waals surface area contributed by atoms with Crippen molar-refractivity contribution in [3.05, 3.63) is 41.7 Å². The van der Waals surface area contributed by atoms with Crippen molar-refractivity contribution in [1.82, 2.24) is 9.97 Å². The second kappa shape index (κ2) is 8.86. The number of nitrogens with zero attached hydrogens (tertiary/aromatic N) is 3. The van der Waals surface area contributed by atoms with Gasteiger partial charge in [0.15, 0.2) is 11.5 Å². The van der Waals surface area contributed by atoms with Crippen LogP contribution in [0.2, 0.25) is 0 Å². The lowest BCUT2D eigenvalue weighted by atomic mass is 9.79. The van der Waals surface area contributed by atoms with Crippen LogP contribution in [0.4, 0.5) is 11.5 Å². The lowest BCUT2D eigenvalue weighted by Gasteiger charge is -2.32. The molecule has 0 saturated heterocycles. The number of hydrogen-bond acceptors (Lipinski definition) is 7. The molecule has 31 heavy (non-hydrogen) atoms. The normalized spacial score (nSPS) is 22.2. The van der Waals surface area contributed by atoms with Gasteiger partial charge in [0.25, 0.3) is 0 Å². The lowest BCUT2D eigenvalue weighted by molar-refractivity contribution is -0.133. The van der Waals surface area contributed by atoms with Gasteiger partial charge in [0, 0.05) is 5.56 Å². The number of aromatic nitrogens is 2. The summed E-state index contributed by atoms with van der Waals surface area (Å²) in [6.07, 6.45) is 5.99. The van der Waals surface area contributed by atoms with Gasteiger partial charge in [-0.3, -0.25) is 4.79 Å². The summed E-state index contributed by atoms with van der Waals surface area (Å²) >= 11 is 1.54. The number of ether oxygens (including phenoxy) is 1. The molecule has 1 saturated carbocycles. The number of anilines is 1. The highest BCUT2D eigenvalue weighted by molar-refractivity contribution is 7.99. The monoisotopic (exact) mass is 440 g/mol. The van der Waals surface area contributed by atoms with Gasteiger partial charge in [0.05, 0.1) is 11.5 Å². The van der Waals surface area contributed by atoms with Crippen molar-refractivity contribution in [3.8, 4) is 5.88 Å². The van der Waals surface area contributed by atoms with E-state index in [9.17, 15) is 4.79 Å². The zero-order chi connectivity index (χ0) is 22.0. The molecular formula is C23H28N4O3S. The van der Waals surface area contributed by atoms with Crippen LogP contribution in [-0.4, -0.2) is 43.9 Å². The Kier molecular flexibility index (Phi) is 6.18. The minimum absolute atomic E-state index is 0.202. The van der Waals surface area contributed by atoms with E-state index < -0.39 is 11.6 Å². The summed E-state index contributed by atoms with van der Waals surface area (Å²) in [7, 11) is 0. The van der Waals surface area contributed by atoms with Crippen LogP contribution < -0.4 is 10.5 Å². The average molecular weight is 441 g/mol. The van der Waals surface area contributed by atoms with Gasteiger partial charge >= 0.3 is 5.97 Å². The molecular weight excluding hydrogens is 412 g/mol. The summed E-state index contributed by atoms with van der Waals surface area (Å²) in [5.74, 6) is 2.33. The summed E-state index contributed by atoms with van der Waals surface area (Å²) in [6.45, 7) is 3.95. The number of aliphatic carboxylic acids is 1. The van der Waals surface area contributed by atoms with E-state index in [-0.39, 0.29) is 5.75 Å². The summed E-state index contributed by atoms with van der Waals surface area (Å²) in [5, 5.41) is 8.80. The van der Waals surface area contributed by atoms with Gasteiger partial charge in [-0.05, 0) is 62.7 Å². The maximum atomic E-state index is 10.7. The molecule has 1 fully saturated rings. The SMILES string of the molecule is CC1(C)Oc2ncnc(N)c2N=C1c1ccc([C@H]2CC[C@H](CSCC(=O)O)CC2)cc1. The van der Waals surface area contributed by atoms with Gasteiger partial charge in [-0.2, -0.15) is 4.98 Å². The van der Waals surface area contributed by atoms with E-state index in [2.05, 4.69) is 34.2 Å². The van der Waals surface area contributed by atoms with Crippen LogP contribution in [0.15, 0.2) is 35.6 Å². The van der Waals surface area contributed by atoms with E-state index >= 15 is 0 Å². The molecule has 0 spiro atoms. The molecule has 3 N–H and O–H groups in total. The first-order chi connectivity index (χ1) is 14.8. The number of fused-ring (bicyclic) bond motifs is 1. The number of carboxylic acids is 1. The Bertz CT molecular complexity index is 983. The molecule has 164 valence electrons. The fourth-order valence-corrected chi connectivity index (χ4v) is 5.35. The van der Waals surface area contributed by atoms with E-state index in [1.54, 1.807) is 0 Å². The molecule has 0 bridgehead atoms. The van der Waals surface area contributed by atoms with Crippen molar-refractivity contribution in [1.29, 1.82) is 0 Å². The van der Waals surface area contributed by atoms with Crippen molar-refractivity contribution in [2.45, 2.75) is 51.0 Å². The molecule has 7 nitrogen and oxygen atoms in total. The van der Waals surface area contributed by atoms with Gasteiger partial charge in [0.1, 0.15) is 11.9 Å². The molecule has 0 radical (unpaired) electrons. The van der Waals surface area contributed by atoms with Crippen molar-refractivity contribution in [2.75, 3.05) is 17.2 Å². The number of nitrogens with two attached hydrogens (primary N) is 1. The summed E-state index contributed by atoms with van der Waals surface area (Å²) in [4.78, 5) is 23.6. The predicted molar refractivity (Wildman–Crippen MR) is 123 cm³/mol. The largest absolute Gasteiger partial charge is 0.481 e. The second-order valence-electron chi connectivity index (χ2n) is 8.73. The summed E-state index contributed by atoms with van der Waals surface area (Å²) in [6, 6.07) is 8.61. The molecule has 1 aromatic carbocycles. The van der Waals surface area contributed by atoms with Crippen LogP contribution in [-0.2, 0) is 4.79 Å². The van der Waals surface area contributed by atoms with Crippen molar-refractivity contribution in [2.24, 2.45) is 10.9 Å². The minimum Gasteiger partial charge on any atom is -0.481 e. The number of rotatable bonds is 6. The fraction of sp³-hybridized carbons (Fsp3) is 0.478. The molecule has 0 amide bonds. The predicted octanol–water partition coefficient (Wildman–Crippen LogP) is 4.44. The maximum absolute atomic E-state index is 10.7. The molecule has 1 aliphatic heterocycles. The van der Waals surface area contributed by atoms with E-state index in [0.717, 1.165) is 42.7 Å². The fourth-order valence-electron chi connectivity index (χ4n) is 4.39. The van der Waals surface area contributed by atoms with Gasteiger partial charge in [0.2, 0.25) is 5.88 Å². The summed E-state index contributed by atoms with van der Waals surface area (Å²) < 4.78 is 6.07. The first kappa shape index (κ1) is 21.6. The number of carboxylic acid groups (broad SMARTS) is 1. The number of aliphatic imine (C=N–C) groups is 1. The van der Waals surface area contributed by atoms with Crippen LogP contribution >= 0.6 is 11.8 Å². The first-order valence-corrected chi connectivity index (χ1v) is 11.8. The van der Waals surface area contributed by atoms with Crippen molar-refractivity contribution in [3.63, 3.8) is 0 Å². The van der Waals surface area contributed by atoms with Crippen LogP contribution in [0.5, 0.6) is 5.88 Å². The Morgan fingerprint density at radius 3 is 2.58 bits per heavy atom. The van der Waals surface area contributed by atoms with Crippen molar-refractivity contribution < 1.29 is 14.6 Å². The third-order valence-electron chi connectivity index (χ3n) is 6.04. The Morgan fingerprint density at radius 1 is 1.19 bits per heavy atom. The number of thioether (sulfide) groups is 1. The average Bonchev–Trinajstić information content (AvgIpc) is 2.73. The zero-order valence-corrected chi connectivity index (χ0v) is 18.7. The highest BCUT2D eigenvalue weighted by atomic mass is 32.2. The third-order valence-corrected chi connectivity index (χ3v) is 7.20. The quantitative estimate of drug-likeness (QED) is 0.683. The Labute approximate surface area is 186 Å². The molecule has 0 unspecified atom stereocenters. The molecule has 2 aliphatic rings. The minimum atomic E-state index is -0.728. The molecule has 1 aromatic heterocycles. The van der Waals surface area contributed by atoms with Gasteiger partial charge in [-0.25, -0.2) is 9.98 Å². The number of benzene rings is 1. The topological polar surface area (TPSA) is 111 Å². The van der Waals surface area contributed by atoms with Crippen LogP contribution in [0.3, 0.4) is 0 Å². The van der Waals surface area contributed by atoms with Crippen molar-refractivity contribution >= 4 is 34.9 Å². The van der Waals surface area contributed by atoms with E-state index in [4.69, 9.17) is 20.6 Å². The smallest absolute Gasteiger partial charge is 0.313 e. The second-order valence-corrected chi connectivity index (χ2v) is 9.76.